The molecule has 0 unspecified atom stereocenters. The number of aromatic nitrogens is 4. The molecule has 11 heteroatoms. The van der Waals surface area contributed by atoms with E-state index in [0.717, 1.165) is 44.3 Å². The Labute approximate surface area is 243 Å². The number of nitrogens with zero attached hydrogens (tertiary/aromatic N) is 5. The zero-order valence-electron chi connectivity index (χ0n) is 19.9. The van der Waals surface area contributed by atoms with Crippen LogP contribution >= 0.6 is 23.2 Å². The van der Waals surface area contributed by atoms with Gasteiger partial charge in [0.2, 0.25) is 0 Å². The molecule has 0 amide bonds. The van der Waals surface area contributed by atoms with Gasteiger partial charge in [-0.3, -0.25) is 9.97 Å². The van der Waals surface area contributed by atoms with Crippen LogP contribution in [-0.4, -0.2) is 25.0 Å². The topological polar surface area (TPSA) is 118 Å². The predicted octanol–water partition coefficient (Wildman–Crippen LogP) is 7.66. The molecule has 6 aromatic rings. The Morgan fingerprint density at radius 2 is 0.923 bits per heavy atom. The molecule has 0 saturated heterocycles. The van der Waals surface area contributed by atoms with Gasteiger partial charge in [-0.2, -0.15) is 0 Å². The van der Waals surface area contributed by atoms with Crippen molar-refractivity contribution in [1.82, 2.24) is 19.9 Å². The largest absolute Gasteiger partial charge is 1.00 e. The fourth-order valence-corrected chi connectivity index (χ4v) is 4.13. The molecule has 4 heterocycles. The Morgan fingerprint density at radius 1 is 0.564 bits per heavy atom. The summed E-state index contributed by atoms with van der Waals surface area (Å²) in [4.78, 5) is 25.6. The number of fused-ring (bicyclic) bond motifs is 2. The first-order chi connectivity index (χ1) is 18.4. The van der Waals surface area contributed by atoms with Crippen molar-refractivity contribution >= 4 is 44.7 Å². The van der Waals surface area contributed by atoms with Crippen molar-refractivity contribution in [3.05, 3.63) is 135 Å². The summed E-state index contributed by atoms with van der Waals surface area (Å²) in [5.74, 6) is 0. The zero-order valence-corrected chi connectivity index (χ0v) is 22.4. The van der Waals surface area contributed by atoms with Crippen LogP contribution in [0.5, 0.6) is 0 Å². The molecule has 6 rings (SSSR count). The molecule has 2 aromatic carbocycles. The summed E-state index contributed by atoms with van der Waals surface area (Å²) in [7, 11) is 0. The first-order valence-corrected chi connectivity index (χ1v) is 11.9. The van der Waals surface area contributed by atoms with E-state index in [9.17, 15) is 0 Å². The van der Waals surface area contributed by atoms with Crippen LogP contribution in [0.15, 0.2) is 109 Å². The van der Waals surface area contributed by atoms with E-state index >= 15 is 0 Å². The summed E-state index contributed by atoms with van der Waals surface area (Å²) in [5.41, 5.74) is 3.27. The molecule has 0 saturated carbocycles. The molecule has 0 aliphatic heterocycles. The van der Waals surface area contributed by atoms with Crippen molar-refractivity contribution in [2.24, 2.45) is 0 Å². The first-order valence-electron chi connectivity index (χ1n) is 11.2. The quantitative estimate of drug-likeness (QED) is 0.0859. The van der Waals surface area contributed by atoms with Gasteiger partial charge in [0, 0.05) is 23.2 Å². The Bertz CT molecular complexity index is 1570. The third-order valence-electron chi connectivity index (χ3n) is 5.24. The normalized spacial score (nSPS) is 9.90. The van der Waals surface area contributed by atoms with Crippen LogP contribution < -0.4 is 0 Å². The molecule has 0 N–H and O–H groups in total. The summed E-state index contributed by atoms with van der Waals surface area (Å²) in [6.45, 7) is 0. The van der Waals surface area contributed by atoms with Crippen molar-refractivity contribution in [3.63, 3.8) is 0 Å². The summed E-state index contributed by atoms with van der Waals surface area (Å²) < 4.78 is 0. The molecule has 198 valence electrons. The number of hydrogen-bond acceptors (Lipinski definition) is 7. The van der Waals surface area contributed by atoms with Crippen molar-refractivity contribution in [1.29, 1.82) is 0 Å². The Kier molecular flexibility index (Phi) is 10.7. The molecule has 0 fully saturated rings. The summed E-state index contributed by atoms with van der Waals surface area (Å²) in [5, 5.41) is 19.9. The maximum Gasteiger partial charge on any atom is 1.00 e. The average Bonchev–Trinajstić information content (AvgIpc) is 2.94. The minimum Gasteiger partial charge on any atom is -0.356 e. The number of halogens is 2. The predicted molar refractivity (Wildman–Crippen MR) is 150 cm³/mol. The molecular formula is C28H18Cl2CuN5O3. The Hall–Kier alpha value is -4.14. The molecular weight excluding hydrogens is 589 g/mol. The molecule has 0 aliphatic carbocycles. The van der Waals surface area contributed by atoms with E-state index in [0.29, 0.717) is 10.3 Å². The monoisotopic (exact) mass is 605 g/mol. The maximum absolute atomic E-state index is 8.25. The van der Waals surface area contributed by atoms with E-state index in [1.807, 2.05) is 97.1 Å². The third kappa shape index (κ3) is 7.92. The summed E-state index contributed by atoms with van der Waals surface area (Å²) >= 11 is 12.3. The molecule has 0 atom stereocenters. The van der Waals surface area contributed by atoms with E-state index in [1.165, 1.54) is 0 Å². The fourth-order valence-electron chi connectivity index (χ4n) is 3.60. The Morgan fingerprint density at radius 3 is 1.28 bits per heavy atom. The Balaban J connectivity index is 0.000000186. The van der Waals surface area contributed by atoms with Gasteiger partial charge in [-0.15, -0.1) is 0 Å². The van der Waals surface area contributed by atoms with E-state index in [4.69, 9.17) is 38.5 Å². The molecule has 39 heavy (non-hydrogen) atoms. The van der Waals surface area contributed by atoms with Crippen LogP contribution in [0.2, 0.25) is 10.3 Å². The molecule has 0 bridgehead atoms. The molecule has 0 spiro atoms. The number of rotatable bonds is 2. The number of hydrogen-bond donors (Lipinski definition) is 0. The smallest absolute Gasteiger partial charge is 0.356 e. The van der Waals surface area contributed by atoms with Crippen LogP contribution in [0.1, 0.15) is 0 Å². The molecule has 8 nitrogen and oxygen atoms in total. The van der Waals surface area contributed by atoms with Gasteiger partial charge in [-0.05, 0) is 47.2 Å². The van der Waals surface area contributed by atoms with Gasteiger partial charge in [-0.1, -0.05) is 83.9 Å². The fraction of sp³-hybridized carbons (Fsp3) is 0. The van der Waals surface area contributed by atoms with Gasteiger partial charge in [0.1, 0.15) is 10.3 Å². The van der Waals surface area contributed by atoms with E-state index in [1.54, 1.807) is 12.4 Å². The van der Waals surface area contributed by atoms with Gasteiger partial charge < -0.3 is 15.3 Å². The summed E-state index contributed by atoms with van der Waals surface area (Å²) in [6.07, 6.45) is 3.50. The van der Waals surface area contributed by atoms with Crippen LogP contribution in [0.4, 0.5) is 0 Å². The number of benzene rings is 2. The number of pyridine rings is 4. The second-order valence-corrected chi connectivity index (χ2v) is 8.41. The summed E-state index contributed by atoms with van der Waals surface area (Å²) in [6, 6.07) is 31.4. The third-order valence-corrected chi connectivity index (χ3v) is 5.82. The minimum absolute atomic E-state index is 0. The van der Waals surface area contributed by atoms with Crippen molar-refractivity contribution in [2.75, 3.05) is 0 Å². The standard InChI is InChI=1S/2C14H9ClN2.Cu.NO3/c2*15-14-11-6-2-1-5-10(11)9-13(17-14)12-7-3-4-8-16-12;;2-1(3)4/h2*1-9H;;/q;;+1;-1. The van der Waals surface area contributed by atoms with Crippen LogP contribution in [-0.2, 0) is 17.1 Å². The van der Waals surface area contributed by atoms with Gasteiger partial charge in [0.05, 0.1) is 27.9 Å². The van der Waals surface area contributed by atoms with Crippen molar-refractivity contribution < 1.29 is 22.2 Å². The van der Waals surface area contributed by atoms with Gasteiger partial charge in [0.25, 0.3) is 0 Å². The van der Waals surface area contributed by atoms with Crippen molar-refractivity contribution in [2.45, 2.75) is 0 Å². The second kappa shape index (κ2) is 14.1. The first kappa shape index (κ1) is 29.4. The van der Waals surface area contributed by atoms with Crippen LogP contribution in [0, 0.1) is 15.3 Å². The second-order valence-electron chi connectivity index (χ2n) is 7.69. The van der Waals surface area contributed by atoms with E-state index < -0.39 is 5.09 Å². The molecule has 0 radical (unpaired) electrons. The van der Waals surface area contributed by atoms with Gasteiger partial charge in [0.15, 0.2) is 0 Å². The molecule has 4 aromatic heterocycles. The van der Waals surface area contributed by atoms with Crippen LogP contribution in [0.3, 0.4) is 0 Å². The maximum atomic E-state index is 8.25. The SMILES string of the molecule is Clc1nc(-c2ccccn2)cc2ccccc12.Clc1nc(-c2ccccn2)cc2ccccc12.O=[N+]([O-])[O-].[Cu+]. The molecule has 0 aliphatic rings. The van der Waals surface area contributed by atoms with Gasteiger partial charge in [-0.25, -0.2) is 9.97 Å². The van der Waals surface area contributed by atoms with Crippen LogP contribution in [0.25, 0.3) is 44.3 Å². The van der Waals surface area contributed by atoms with E-state index in [2.05, 4.69) is 19.9 Å². The van der Waals surface area contributed by atoms with Crippen molar-refractivity contribution in [3.8, 4) is 22.8 Å². The average molecular weight is 607 g/mol. The van der Waals surface area contributed by atoms with Gasteiger partial charge >= 0.3 is 17.1 Å². The van der Waals surface area contributed by atoms with E-state index in [-0.39, 0.29) is 17.1 Å². The zero-order chi connectivity index (χ0) is 26.9. The minimum atomic E-state index is -1.75.